The Balaban J connectivity index is 1.70. The van der Waals surface area contributed by atoms with Crippen LogP contribution in [0.15, 0.2) is 54.6 Å². The van der Waals surface area contributed by atoms with Gasteiger partial charge in [-0.1, -0.05) is 49.4 Å². The Morgan fingerprint density at radius 1 is 1.11 bits per heavy atom. The first-order valence-electron chi connectivity index (χ1n) is 9.77. The summed E-state index contributed by atoms with van der Waals surface area (Å²) in [7, 11) is 0. The van der Waals surface area contributed by atoms with E-state index in [9.17, 15) is 14.7 Å². The number of carboxylic acid groups (broad SMARTS) is 1. The van der Waals surface area contributed by atoms with Crippen LogP contribution in [0.4, 0.5) is 0 Å². The molecule has 0 radical (unpaired) electrons. The van der Waals surface area contributed by atoms with Crippen LogP contribution in [0, 0.1) is 6.92 Å². The molecule has 1 unspecified atom stereocenters. The number of rotatable bonds is 6. The highest BCUT2D eigenvalue weighted by Gasteiger charge is 2.44. The summed E-state index contributed by atoms with van der Waals surface area (Å²) < 4.78 is 5.94. The molecule has 1 heterocycles. The molecule has 28 heavy (non-hydrogen) atoms. The van der Waals surface area contributed by atoms with Crippen molar-refractivity contribution in [1.29, 1.82) is 0 Å². The number of aliphatic carboxylic acids is 1. The van der Waals surface area contributed by atoms with E-state index in [-0.39, 0.29) is 5.91 Å². The summed E-state index contributed by atoms with van der Waals surface area (Å²) >= 11 is 0. The molecule has 1 aliphatic rings. The Labute approximate surface area is 165 Å². The zero-order valence-electron chi connectivity index (χ0n) is 16.4. The number of carbonyl (C=O) groups excluding carboxylic acids is 1. The minimum atomic E-state index is -0.933. The number of carboxylic acids is 1. The number of ether oxygens (including phenoxy) is 1. The summed E-state index contributed by atoms with van der Waals surface area (Å²) in [6, 6.07) is 17.0. The molecule has 2 aromatic rings. The molecule has 0 aromatic heterocycles. The van der Waals surface area contributed by atoms with Crippen LogP contribution in [0.2, 0.25) is 0 Å². The number of hydrogen-bond acceptors (Lipinski definition) is 3. The van der Waals surface area contributed by atoms with E-state index in [4.69, 9.17) is 4.74 Å². The highest BCUT2D eigenvalue weighted by molar-refractivity contribution is 5.84. The second kappa shape index (κ2) is 8.46. The molecule has 2 aromatic carbocycles. The van der Waals surface area contributed by atoms with Crippen LogP contribution in [0.1, 0.15) is 37.3 Å². The molecule has 0 spiro atoms. The van der Waals surface area contributed by atoms with Gasteiger partial charge in [0.25, 0.3) is 5.91 Å². The number of nitrogens with zero attached hydrogens (tertiary/aromatic N) is 1. The number of carbonyl (C=O) groups is 2. The lowest BCUT2D eigenvalue weighted by atomic mass is 9.73. The van der Waals surface area contributed by atoms with Crippen LogP contribution in [0.3, 0.4) is 0 Å². The third kappa shape index (κ3) is 4.03. The van der Waals surface area contributed by atoms with E-state index in [0.717, 1.165) is 11.1 Å². The van der Waals surface area contributed by atoms with Gasteiger partial charge in [-0.2, -0.15) is 0 Å². The van der Waals surface area contributed by atoms with E-state index in [1.54, 1.807) is 4.90 Å². The van der Waals surface area contributed by atoms with Gasteiger partial charge in [-0.3, -0.25) is 9.59 Å². The summed E-state index contributed by atoms with van der Waals surface area (Å²) in [5, 5.41) is 9.92. The maximum Gasteiger partial charge on any atom is 0.314 e. The lowest BCUT2D eigenvalue weighted by Crippen LogP contribution is -2.52. The molecular formula is C23H27NO4. The van der Waals surface area contributed by atoms with Crippen molar-refractivity contribution in [3.63, 3.8) is 0 Å². The first kappa shape index (κ1) is 19.9. The normalized spacial score (nSPS) is 17.0. The average molecular weight is 381 g/mol. The zero-order valence-corrected chi connectivity index (χ0v) is 16.4. The molecule has 1 amide bonds. The Morgan fingerprint density at radius 3 is 2.36 bits per heavy atom. The summed E-state index contributed by atoms with van der Waals surface area (Å²) in [5.74, 6) is -0.216. The molecule has 5 nitrogen and oxygen atoms in total. The van der Waals surface area contributed by atoms with Gasteiger partial charge >= 0.3 is 5.97 Å². The third-order valence-corrected chi connectivity index (χ3v) is 5.58. The van der Waals surface area contributed by atoms with Gasteiger partial charge < -0.3 is 14.7 Å². The molecule has 5 heteroatoms. The lowest BCUT2D eigenvalue weighted by molar-refractivity contribution is -0.150. The fourth-order valence-electron chi connectivity index (χ4n) is 3.86. The molecule has 3 rings (SSSR count). The van der Waals surface area contributed by atoms with Crippen LogP contribution < -0.4 is 4.74 Å². The van der Waals surface area contributed by atoms with Crippen molar-refractivity contribution >= 4 is 11.9 Å². The number of likely N-dealkylation sites (tertiary alicyclic amines) is 1. The molecule has 1 fully saturated rings. The molecule has 0 aliphatic carbocycles. The Bertz CT molecular complexity index is 826. The summed E-state index contributed by atoms with van der Waals surface area (Å²) in [6.07, 6.45) is 0.806. The van der Waals surface area contributed by atoms with Crippen molar-refractivity contribution in [3.05, 3.63) is 65.7 Å². The smallest absolute Gasteiger partial charge is 0.314 e. The molecule has 0 saturated carbocycles. The predicted molar refractivity (Wildman–Crippen MR) is 107 cm³/mol. The van der Waals surface area contributed by atoms with E-state index < -0.39 is 17.5 Å². The van der Waals surface area contributed by atoms with Gasteiger partial charge in [0.15, 0.2) is 6.10 Å². The number of benzene rings is 2. The summed E-state index contributed by atoms with van der Waals surface area (Å²) in [6.45, 7) is 4.73. The van der Waals surface area contributed by atoms with Crippen molar-refractivity contribution in [2.75, 3.05) is 13.1 Å². The minimum Gasteiger partial charge on any atom is -0.481 e. The van der Waals surface area contributed by atoms with Crippen molar-refractivity contribution < 1.29 is 19.4 Å². The SMILES string of the molecule is CCC(Oc1cccc(C)c1)C(=O)N1CCC(C(=O)O)(c2ccccc2)CC1. The van der Waals surface area contributed by atoms with Gasteiger partial charge in [-0.25, -0.2) is 0 Å². The fourth-order valence-corrected chi connectivity index (χ4v) is 3.86. The quantitative estimate of drug-likeness (QED) is 0.827. The maximum atomic E-state index is 13.0. The molecule has 1 atom stereocenters. The Hall–Kier alpha value is -2.82. The van der Waals surface area contributed by atoms with Gasteiger partial charge in [0.05, 0.1) is 5.41 Å². The summed E-state index contributed by atoms with van der Waals surface area (Å²) in [5.41, 5.74) is 0.946. The molecule has 1 N–H and O–H groups in total. The molecule has 1 aliphatic heterocycles. The van der Waals surface area contributed by atoms with E-state index in [1.807, 2.05) is 68.4 Å². The van der Waals surface area contributed by atoms with Crippen molar-refractivity contribution in [3.8, 4) is 5.75 Å². The van der Waals surface area contributed by atoms with Crippen molar-refractivity contribution in [1.82, 2.24) is 4.90 Å². The van der Waals surface area contributed by atoms with Gasteiger partial charge in [0, 0.05) is 13.1 Å². The van der Waals surface area contributed by atoms with Crippen LogP contribution in [-0.2, 0) is 15.0 Å². The average Bonchev–Trinajstić information content (AvgIpc) is 2.72. The largest absolute Gasteiger partial charge is 0.481 e. The molecule has 0 bridgehead atoms. The zero-order chi connectivity index (χ0) is 20.1. The lowest BCUT2D eigenvalue weighted by Gasteiger charge is -2.40. The van der Waals surface area contributed by atoms with Crippen LogP contribution in [-0.4, -0.2) is 41.1 Å². The predicted octanol–water partition coefficient (Wildman–Crippen LogP) is 3.80. The second-order valence-electron chi connectivity index (χ2n) is 7.41. The number of aryl methyl sites for hydroxylation is 1. The summed E-state index contributed by atoms with van der Waals surface area (Å²) in [4.78, 5) is 26.8. The Kier molecular flexibility index (Phi) is 6.02. The van der Waals surface area contributed by atoms with Crippen LogP contribution in [0.5, 0.6) is 5.75 Å². The first-order chi connectivity index (χ1) is 13.5. The van der Waals surface area contributed by atoms with E-state index in [0.29, 0.717) is 38.1 Å². The first-order valence-corrected chi connectivity index (χ1v) is 9.77. The topological polar surface area (TPSA) is 66.8 Å². The van der Waals surface area contributed by atoms with Gasteiger partial charge in [-0.15, -0.1) is 0 Å². The number of amides is 1. The van der Waals surface area contributed by atoms with E-state index in [2.05, 4.69) is 0 Å². The van der Waals surface area contributed by atoms with Crippen LogP contribution in [0.25, 0.3) is 0 Å². The second-order valence-corrected chi connectivity index (χ2v) is 7.41. The minimum absolute atomic E-state index is 0.0731. The van der Waals surface area contributed by atoms with Gasteiger partial charge in [0.2, 0.25) is 0 Å². The Morgan fingerprint density at radius 2 is 1.79 bits per heavy atom. The monoisotopic (exact) mass is 381 g/mol. The van der Waals surface area contributed by atoms with Crippen molar-refractivity contribution in [2.24, 2.45) is 0 Å². The van der Waals surface area contributed by atoms with E-state index in [1.165, 1.54) is 0 Å². The molecular weight excluding hydrogens is 354 g/mol. The number of piperidine rings is 1. The third-order valence-electron chi connectivity index (χ3n) is 5.58. The van der Waals surface area contributed by atoms with Gasteiger partial charge in [0.1, 0.15) is 5.75 Å². The number of hydrogen-bond donors (Lipinski definition) is 1. The van der Waals surface area contributed by atoms with Crippen molar-refractivity contribution in [2.45, 2.75) is 44.6 Å². The molecule has 148 valence electrons. The maximum absolute atomic E-state index is 13.0. The van der Waals surface area contributed by atoms with Crippen LogP contribution >= 0.6 is 0 Å². The standard InChI is InChI=1S/C23H27NO4/c1-3-20(28-19-11-7-8-17(2)16-19)21(25)24-14-12-23(13-15-24,22(26)27)18-9-5-4-6-10-18/h4-11,16,20H,3,12-15H2,1-2H3,(H,26,27). The highest BCUT2D eigenvalue weighted by Crippen LogP contribution is 2.36. The van der Waals surface area contributed by atoms with E-state index >= 15 is 0 Å². The molecule has 1 saturated heterocycles. The fraction of sp³-hybridized carbons (Fsp3) is 0.391. The van der Waals surface area contributed by atoms with Gasteiger partial charge in [-0.05, 0) is 49.4 Å². The highest BCUT2D eigenvalue weighted by atomic mass is 16.5.